The molecule has 0 unspecified atom stereocenters. The molecule has 43 heavy (non-hydrogen) atoms. The maximum atomic E-state index is 12.3. The van der Waals surface area contributed by atoms with Gasteiger partial charge < -0.3 is 40.7 Å². The van der Waals surface area contributed by atoms with Crippen LogP contribution in [0.3, 0.4) is 0 Å². The van der Waals surface area contributed by atoms with Gasteiger partial charge in [0.15, 0.2) is 11.6 Å². The molecular weight excluding hydrogens is 570 g/mol. The van der Waals surface area contributed by atoms with Crippen molar-refractivity contribution in [3.63, 3.8) is 0 Å². The number of Topliss-reactive ketones (excluding diaryl/α,β-unsaturated/α-hetero) is 2. The number of hydrogen-bond donors (Lipinski definition) is 6. The highest BCUT2D eigenvalue weighted by atomic mass is 16.5. The molecule has 246 valence electrons. The monoisotopic (exact) mass is 617 g/mol. The highest BCUT2D eigenvalue weighted by molar-refractivity contribution is 5.86. The average molecular weight is 618 g/mol. The molecule has 15 nitrogen and oxygen atoms in total. The number of aliphatic hydroxyl groups excluding tert-OH is 1. The third kappa shape index (κ3) is 21.0. The van der Waals surface area contributed by atoms with Crippen LogP contribution < -0.4 is 16.0 Å². The summed E-state index contributed by atoms with van der Waals surface area (Å²) in [5, 5.41) is 35.3. The fourth-order valence-electron chi connectivity index (χ4n) is 4.01. The van der Waals surface area contributed by atoms with Crippen LogP contribution in [0, 0.1) is 11.8 Å². The van der Waals surface area contributed by atoms with E-state index in [-0.39, 0.29) is 76.1 Å². The van der Waals surface area contributed by atoms with Crippen LogP contribution in [0.25, 0.3) is 0 Å². The second-order valence-electron chi connectivity index (χ2n) is 10.0. The first-order valence-electron chi connectivity index (χ1n) is 14.5. The highest BCUT2D eigenvalue weighted by Crippen LogP contribution is 2.14. The molecule has 0 aromatic heterocycles. The zero-order valence-corrected chi connectivity index (χ0v) is 25.1. The Labute approximate surface area is 251 Å². The standard InChI is InChI=1S/C28H47N3O12/c1-3-20(24(35)17-32)6-4-5-11-30-25(36)10-8-23(28(40)41)31-26(37)9-7-21(27(38)39)16-22(34)18-43-15-14-42-13-12-29-19(2)33/h20-21,23,32H,3-18H2,1-2H3,(H,29,33)(H,30,36)(H,31,37)(H,38,39)(H,40,41)/t20-,21+,23-/m0/s1. The van der Waals surface area contributed by atoms with Crippen molar-refractivity contribution in [2.45, 2.75) is 77.7 Å². The van der Waals surface area contributed by atoms with Gasteiger partial charge in [0.25, 0.3) is 0 Å². The van der Waals surface area contributed by atoms with Gasteiger partial charge in [-0.25, -0.2) is 4.79 Å². The molecule has 0 saturated carbocycles. The summed E-state index contributed by atoms with van der Waals surface area (Å²) in [6.07, 6.45) is 1.26. The minimum absolute atomic E-state index is 0.0908. The van der Waals surface area contributed by atoms with Crippen molar-refractivity contribution in [1.29, 1.82) is 0 Å². The van der Waals surface area contributed by atoms with Crippen LogP contribution in [0.1, 0.15) is 71.6 Å². The fraction of sp³-hybridized carbons (Fsp3) is 0.750. The van der Waals surface area contributed by atoms with E-state index in [9.17, 15) is 43.8 Å². The van der Waals surface area contributed by atoms with Crippen LogP contribution >= 0.6 is 0 Å². The van der Waals surface area contributed by atoms with Crippen LogP contribution in [-0.4, -0.2) is 109 Å². The molecule has 3 amide bonds. The second-order valence-corrected chi connectivity index (χ2v) is 10.0. The van der Waals surface area contributed by atoms with Gasteiger partial charge in [0.1, 0.15) is 19.3 Å². The van der Waals surface area contributed by atoms with Crippen molar-refractivity contribution in [2.24, 2.45) is 11.8 Å². The molecule has 0 heterocycles. The van der Waals surface area contributed by atoms with Gasteiger partial charge in [-0.05, 0) is 32.1 Å². The largest absolute Gasteiger partial charge is 0.481 e. The molecule has 3 atom stereocenters. The number of rotatable bonds is 27. The quantitative estimate of drug-likeness (QED) is 0.0659. The SMILES string of the molecule is CC[C@@H](CCCCNC(=O)CC[C@H](NC(=O)CC[C@H](CC(=O)COCCOCCNC(C)=O)C(=O)O)C(=O)O)C(=O)CO. The summed E-state index contributed by atoms with van der Waals surface area (Å²) < 4.78 is 10.4. The summed E-state index contributed by atoms with van der Waals surface area (Å²) in [5.74, 6) is -6.00. The maximum absolute atomic E-state index is 12.3. The zero-order chi connectivity index (χ0) is 32.6. The van der Waals surface area contributed by atoms with Gasteiger partial charge in [-0.2, -0.15) is 0 Å². The van der Waals surface area contributed by atoms with Gasteiger partial charge in [-0.1, -0.05) is 13.3 Å². The Bertz CT molecular complexity index is 911. The Balaban J connectivity index is 4.35. The molecule has 0 saturated heterocycles. The lowest BCUT2D eigenvalue weighted by atomic mass is 9.95. The summed E-state index contributed by atoms with van der Waals surface area (Å²) in [5.41, 5.74) is 0. The molecule has 0 bridgehead atoms. The Morgan fingerprint density at radius 2 is 1.42 bits per heavy atom. The maximum Gasteiger partial charge on any atom is 0.326 e. The average Bonchev–Trinajstić information content (AvgIpc) is 2.95. The molecule has 0 aromatic rings. The summed E-state index contributed by atoms with van der Waals surface area (Å²) in [6, 6.07) is -1.35. The minimum Gasteiger partial charge on any atom is -0.481 e. The number of carboxylic acid groups (broad SMARTS) is 2. The Kier molecular flexibility index (Phi) is 22.1. The summed E-state index contributed by atoms with van der Waals surface area (Å²) in [6.45, 7) is 3.62. The molecule has 6 N–H and O–H groups in total. The number of ether oxygens (including phenoxy) is 2. The molecule has 0 aliphatic heterocycles. The van der Waals surface area contributed by atoms with Crippen molar-refractivity contribution in [3.05, 3.63) is 0 Å². The summed E-state index contributed by atoms with van der Waals surface area (Å²) in [7, 11) is 0. The van der Waals surface area contributed by atoms with Crippen LogP contribution in [-0.2, 0) is 43.0 Å². The lowest BCUT2D eigenvalue weighted by Crippen LogP contribution is -2.42. The van der Waals surface area contributed by atoms with Crippen LogP contribution in [0.15, 0.2) is 0 Å². The number of carbonyl (C=O) groups is 7. The number of aliphatic hydroxyl groups is 1. The van der Waals surface area contributed by atoms with E-state index >= 15 is 0 Å². The number of amides is 3. The van der Waals surface area contributed by atoms with E-state index in [1.54, 1.807) is 0 Å². The van der Waals surface area contributed by atoms with Crippen molar-refractivity contribution < 1.29 is 58.4 Å². The normalized spacial score (nSPS) is 12.9. The number of carboxylic acids is 2. The number of carbonyl (C=O) groups excluding carboxylic acids is 5. The topological polar surface area (TPSA) is 235 Å². The number of nitrogens with one attached hydrogen (secondary N) is 3. The first-order valence-corrected chi connectivity index (χ1v) is 14.5. The van der Waals surface area contributed by atoms with Crippen molar-refractivity contribution in [3.8, 4) is 0 Å². The van der Waals surface area contributed by atoms with Gasteiger partial charge >= 0.3 is 11.9 Å². The van der Waals surface area contributed by atoms with E-state index < -0.39 is 48.1 Å². The van der Waals surface area contributed by atoms with Crippen molar-refractivity contribution >= 4 is 41.2 Å². The lowest BCUT2D eigenvalue weighted by molar-refractivity contribution is -0.145. The van der Waals surface area contributed by atoms with E-state index in [0.29, 0.717) is 38.8 Å². The molecular formula is C28H47N3O12. The van der Waals surface area contributed by atoms with Crippen LogP contribution in [0.2, 0.25) is 0 Å². The summed E-state index contributed by atoms with van der Waals surface area (Å²) in [4.78, 5) is 82.0. The highest BCUT2D eigenvalue weighted by Gasteiger charge is 2.25. The van der Waals surface area contributed by atoms with E-state index in [2.05, 4.69) is 16.0 Å². The number of aliphatic carboxylic acids is 2. The van der Waals surface area contributed by atoms with Gasteiger partial charge in [-0.15, -0.1) is 0 Å². The number of hydrogen-bond acceptors (Lipinski definition) is 10. The molecule has 0 radical (unpaired) electrons. The van der Waals surface area contributed by atoms with Crippen molar-refractivity contribution in [1.82, 2.24) is 16.0 Å². The fourth-order valence-corrected chi connectivity index (χ4v) is 4.01. The molecule has 0 aromatic carbocycles. The number of ketones is 2. The molecule has 0 spiro atoms. The predicted molar refractivity (Wildman–Crippen MR) is 152 cm³/mol. The molecule has 15 heteroatoms. The van der Waals surface area contributed by atoms with Crippen LogP contribution in [0.5, 0.6) is 0 Å². The predicted octanol–water partition coefficient (Wildman–Crippen LogP) is -0.180. The van der Waals surface area contributed by atoms with E-state index in [4.69, 9.17) is 14.6 Å². The van der Waals surface area contributed by atoms with Gasteiger partial charge in [0, 0.05) is 45.2 Å². The molecule has 0 aliphatic carbocycles. The van der Waals surface area contributed by atoms with E-state index in [1.807, 2.05) is 6.92 Å². The van der Waals surface area contributed by atoms with E-state index in [0.717, 1.165) is 0 Å². The van der Waals surface area contributed by atoms with Gasteiger partial charge in [-0.3, -0.25) is 28.8 Å². The smallest absolute Gasteiger partial charge is 0.326 e. The first-order chi connectivity index (χ1) is 20.4. The van der Waals surface area contributed by atoms with Crippen molar-refractivity contribution in [2.75, 3.05) is 46.1 Å². The zero-order valence-electron chi connectivity index (χ0n) is 25.1. The first kappa shape index (κ1) is 39.6. The Morgan fingerprint density at radius 1 is 0.744 bits per heavy atom. The molecule has 0 aliphatic rings. The number of unbranched alkanes of at least 4 members (excludes halogenated alkanes) is 1. The second kappa shape index (κ2) is 24.1. The van der Waals surface area contributed by atoms with Gasteiger partial charge in [0.05, 0.1) is 25.7 Å². The molecule has 0 fully saturated rings. The minimum atomic E-state index is -1.35. The van der Waals surface area contributed by atoms with Gasteiger partial charge in [0.2, 0.25) is 17.7 Å². The third-order valence-electron chi connectivity index (χ3n) is 6.50. The summed E-state index contributed by atoms with van der Waals surface area (Å²) >= 11 is 0. The Morgan fingerprint density at radius 3 is 2.02 bits per heavy atom. The Hall–Kier alpha value is -3.43. The van der Waals surface area contributed by atoms with E-state index in [1.165, 1.54) is 6.92 Å². The third-order valence-corrected chi connectivity index (χ3v) is 6.50. The van der Waals surface area contributed by atoms with Crippen LogP contribution in [0.4, 0.5) is 0 Å². The molecule has 0 rings (SSSR count). The lowest BCUT2D eigenvalue weighted by Gasteiger charge is -2.16.